The van der Waals surface area contributed by atoms with Crippen LogP contribution in [-0.4, -0.2) is 22.9 Å². The van der Waals surface area contributed by atoms with Crippen LogP contribution in [-0.2, 0) is 22.6 Å². The van der Waals surface area contributed by atoms with Crippen molar-refractivity contribution in [3.8, 4) is 0 Å². The largest absolute Gasteiger partial charge is 0.469 e. The highest BCUT2D eigenvalue weighted by Crippen LogP contribution is 2.22. The number of nitrogens with zero attached hydrogens (tertiary/aromatic N) is 2. The van der Waals surface area contributed by atoms with Gasteiger partial charge in [-0.1, -0.05) is 13.0 Å². The van der Waals surface area contributed by atoms with Crippen LogP contribution in [0.1, 0.15) is 36.2 Å². The summed E-state index contributed by atoms with van der Waals surface area (Å²) >= 11 is 1.64. The summed E-state index contributed by atoms with van der Waals surface area (Å²) < 4.78 is 6.72. The van der Waals surface area contributed by atoms with Gasteiger partial charge in [-0.3, -0.25) is 9.48 Å². The molecule has 0 bridgehead atoms. The minimum absolute atomic E-state index is 0.0213. The summed E-state index contributed by atoms with van der Waals surface area (Å²) in [5.74, 6) is -0.206. The number of aryl methyl sites for hydroxylation is 1. The normalized spacial score (nSPS) is 12.3. The van der Waals surface area contributed by atoms with Crippen molar-refractivity contribution in [1.82, 2.24) is 15.1 Å². The van der Waals surface area contributed by atoms with E-state index < -0.39 is 0 Å². The fraction of sp³-hybridized carbons (Fsp3) is 0.467. The van der Waals surface area contributed by atoms with Gasteiger partial charge in [0, 0.05) is 29.7 Å². The molecule has 2 rings (SSSR count). The Bertz CT molecular complexity index is 551. The lowest BCUT2D eigenvalue weighted by atomic mass is 10.1. The topological polar surface area (TPSA) is 56.2 Å². The van der Waals surface area contributed by atoms with Crippen LogP contribution in [0.2, 0.25) is 0 Å². The first-order chi connectivity index (χ1) is 10.2. The Morgan fingerprint density at radius 2 is 2.43 bits per heavy atom. The molecule has 0 aliphatic carbocycles. The number of aromatic nitrogens is 2. The van der Waals surface area contributed by atoms with Crippen LogP contribution in [0.25, 0.3) is 0 Å². The van der Waals surface area contributed by atoms with Crippen LogP contribution >= 0.6 is 11.3 Å². The Morgan fingerprint density at radius 3 is 3.10 bits per heavy atom. The van der Waals surface area contributed by atoms with Gasteiger partial charge in [0.2, 0.25) is 0 Å². The average molecular weight is 307 g/mol. The second kappa shape index (κ2) is 7.95. The number of rotatable bonds is 8. The molecule has 1 unspecified atom stereocenters. The first kappa shape index (κ1) is 15.7. The standard InChI is InChI=1S/C15H21N3O2S/c1-3-6-18-11-12(10-17-18)9-16-13(8-15(19)20-2)14-5-4-7-21-14/h4-5,7,10-11,13,16H,3,6,8-9H2,1-2H3. The zero-order valence-electron chi connectivity index (χ0n) is 12.4. The molecule has 0 fully saturated rings. The lowest BCUT2D eigenvalue weighted by molar-refractivity contribution is -0.141. The molecule has 114 valence electrons. The molecule has 1 N–H and O–H groups in total. The maximum atomic E-state index is 11.5. The molecule has 0 amide bonds. The minimum atomic E-state index is -0.206. The Morgan fingerprint density at radius 1 is 1.57 bits per heavy atom. The number of methoxy groups -OCH3 is 1. The van der Waals surface area contributed by atoms with Gasteiger partial charge in [0.25, 0.3) is 0 Å². The van der Waals surface area contributed by atoms with Crippen molar-refractivity contribution >= 4 is 17.3 Å². The number of hydrogen-bond acceptors (Lipinski definition) is 5. The van der Waals surface area contributed by atoms with Crippen LogP contribution in [0.3, 0.4) is 0 Å². The Labute approximate surface area is 128 Å². The number of esters is 1. The van der Waals surface area contributed by atoms with Crippen LogP contribution in [0.5, 0.6) is 0 Å². The van der Waals surface area contributed by atoms with Crippen molar-refractivity contribution in [3.05, 3.63) is 40.3 Å². The molecular formula is C15H21N3O2S. The van der Waals surface area contributed by atoms with E-state index in [0.717, 1.165) is 23.4 Å². The van der Waals surface area contributed by atoms with Gasteiger partial charge in [-0.15, -0.1) is 11.3 Å². The van der Waals surface area contributed by atoms with Crippen LogP contribution in [0.15, 0.2) is 29.9 Å². The summed E-state index contributed by atoms with van der Waals surface area (Å²) in [5.41, 5.74) is 1.12. The molecule has 5 nitrogen and oxygen atoms in total. The van der Waals surface area contributed by atoms with Gasteiger partial charge in [-0.05, 0) is 17.9 Å². The second-order valence-corrected chi connectivity index (χ2v) is 5.82. The molecule has 1 atom stereocenters. The summed E-state index contributed by atoms with van der Waals surface area (Å²) in [6.45, 7) is 3.74. The third-order valence-corrected chi connectivity index (χ3v) is 4.16. The summed E-state index contributed by atoms with van der Waals surface area (Å²) in [7, 11) is 1.42. The molecule has 21 heavy (non-hydrogen) atoms. The molecule has 2 aromatic rings. The minimum Gasteiger partial charge on any atom is -0.469 e. The lowest BCUT2D eigenvalue weighted by Crippen LogP contribution is -2.23. The van der Waals surface area contributed by atoms with Gasteiger partial charge in [0.15, 0.2) is 0 Å². The smallest absolute Gasteiger partial charge is 0.307 e. The van der Waals surface area contributed by atoms with E-state index in [-0.39, 0.29) is 12.0 Å². The van der Waals surface area contributed by atoms with E-state index in [1.807, 2.05) is 34.6 Å². The van der Waals surface area contributed by atoms with Crippen LogP contribution in [0, 0.1) is 0 Å². The Kier molecular flexibility index (Phi) is 5.95. The molecule has 0 saturated heterocycles. The van der Waals surface area contributed by atoms with Gasteiger partial charge >= 0.3 is 5.97 Å². The van der Waals surface area contributed by atoms with Crippen LogP contribution < -0.4 is 5.32 Å². The number of hydrogen-bond donors (Lipinski definition) is 1. The van der Waals surface area contributed by atoms with Crippen molar-refractivity contribution in [2.75, 3.05) is 7.11 Å². The van der Waals surface area contributed by atoms with E-state index in [2.05, 4.69) is 17.3 Å². The quantitative estimate of drug-likeness (QED) is 0.762. The Balaban J connectivity index is 1.96. The summed E-state index contributed by atoms with van der Waals surface area (Å²) in [6.07, 6.45) is 5.31. The summed E-state index contributed by atoms with van der Waals surface area (Å²) in [5, 5.41) is 9.74. The molecule has 0 radical (unpaired) electrons. The predicted octanol–water partition coefficient (Wildman–Crippen LogP) is 2.75. The maximum Gasteiger partial charge on any atom is 0.307 e. The first-order valence-corrected chi connectivity index (χ1v) is 7.95. The van der Waals surface area contributed by atoms with Gasteiger partial charge in [0.05, 0.1) is 25.8 Å². The third-order valence-electron chi connectivity index (χ3n) is 3.18. The van der Waals surface area contributed by atoms with E-state index >= 15 is 0 Å². The average Bonchev–Trinajstić information content (AvgIpc) is 3.15. The van der Waals surface area contributed by atoms with E-state index in [0.29, 0.717) is 13.0 Å². The molecule has 2 aromatic heterocycles. The number of carbonyl (C=O) groups excluding carboxylic acids is 1. The van der Waals surface area contributed by atoms with Crippen molar-refractivity contribution in [2.24, 2.45) is 0 Å². The second-order valence-electron chi connectivity index (χ2n) is 4.84. The van der Waals surface area contributed by atoms with Gasteiger partial charge in [0.1, 0.15) is 0 Å². The summed E-state index contributed by atoms with van der Waals surface area (Å²) in [6, 6.07) is 4.00. The molecule has 0 aromatic carbocycles. The first-order valence-electron chi connectivity index (χ1n) is 7.08. The fourth-order valence-corrected chi connectivity index (χ4v) is 2.91. The molecule has 0 saturated carbocycles. The van der Waals surface area contributed by atoms with E-state index in [4.69, 9.17) is 4.74 Å². The van der Waals surface area contributed by atoms with E-state index in [1.165, 1.54) is 7.11 Å². The lowest BCUT2D eigenvalue weighted by Gasteiger charge is -2.15. The number of thiophene rings is 1. The highest BCUT2D eigenvalue weighted by Gasteiger charge is 2.17. The SMILES string of the molecule is CCCn1cc(CNC(CC(=O)OC)c2cccs2)cn1. The fourth-order valence-electron chi connectivity index (χ4n) is 2.10. The van der Waals surface area contributed by atoms with Crippen molar-refractivity contribution in [1.29, 1.82) is 0 Å². The van der Waals surface area contributed by atoms with Crippen molar-refractivity contribution < 1.29 is 9.53 Å². The van der Waals surface area contributed by atoms with E-state index in [9.17, 15) is 4.79 Å². The Hall–Kier alpha value is -1.66. The zero-order chi connectivity index (χ0) is 15.1. The molecule has 0 spiro atoms. The number of carbonyl (C=O) groups is 1. The molecule has 0 aliphatic rings. The maximum absolute atomic E-state index is 11.5. The van der Waals surface area contributed by atoms with Gasteiger partial charge in [-0.2, -0.15) is 5.10 Å². The van der Waals surface area contributed by atoms with Crippen molar-refractivity contribution in [2.45, 2.75) is 38.9 Å². The summed E-state index contributed by atoms with van der Waals surface area (Å²) in [4.78, 5) is 12.7. The predicted molar refractivity (Wildman–Crippen MR) is 83.1 cm³/mol. The number of nitrogens with one attached hydrogen (secondary N) is 1. The molecule has 6 heteroatoms. The van der Waals surface area contributed by atoms with Crippen molar-refractivity contribution in [3.63, 3.8) is 0 Å². The monoisotopic (exact) mass is 307 g/mol. The zero-order valence-corrected chi connectivity index (χ0v) is 13.2. The molecule has 0 aliphatic heterocycles. The van der Waals surface area contributed by atoms with E-state index in [1.54, 1.807) is 11.3 Å². The number of ether oxygens (including phenoxy) is 1. The highest BCUT2D eigenvalue weighted by molar-refractivity contribution is 7.10. The third kappa shape index (κ3) is 4.68. The van der Waals surface area contributed by atoms with Gasteiger partial charge < -0.3 is 10.1 Å². The van der Waals surface area contributed by atoms with Gasteiger partial charge in [-0.25, -0.2) is 0 Å². The highest BCUT2D eigenvalue weighted by atomic mass is 32.1. The van der Waals surface area contributed by atoms with Crippen LogP contribution in [0.4, 0.5) is 0 Å². The molecule has 2 heterocycles. The molecular weight excluding hydrogens is 286 g/mol.